The average Bonchev–Trinajstić information content (AvgIpc) is 2.06. The van der Waals surface area contributed by atoms with Crippen molar-refractivity contribution in [2.75, 3.05) is 13.1 Å². The third-order valence-electron chi connectivity index (χ3n) is 2.29. The zero-order valence-corrected chi connectivity index (χ0v) is 8.44. The zero-order chi connectivity index (χ0) is 9.47. The smallest absolute Gasteiger partial charge is 0.137 e. The lowest BCUT2D eigenvalue weighted by atomic mass is 9.88. The number of hydrogen-bond donors (Lipinski definition) is 2. The van der Waals surface area contributed by atoms with E-state index < -0.39 is 5.60 Å². The molecule has 1 aromatic rings. The van der Waals surface area contributed by atoms with E-state index in [0.29, 0.717) is 17.6 Å². The predicted octanol–water partition coefficient (Wildman–Crippen LogP) is 1.38. The van der Waals surface area contributed by atoms with Gasteiger partial charge in [0.05, 0.1) is 4.47 Å². The number of hydrogen-bond acceptors (Lipinski definition) is 2. The van der Waals surface area contributed by atoms with Crippen LogP contribution >= 0.6 is 15.9 Å². The molecule has 0 radical (unpaired) electrons. The Hall–Kier alpha value is -0.450. The van der Waals surface area contributed by atoms with E-state index in [1.54, 1.807) is 12.1 Å². The molecular formula is C9H9BrFNO. The third-order valence-corrected chi connectivity index (χ3v) is 2.90. The molecule has 0 saturated carbocycles. The van der Waals surface area contributed by atoms with E-state index in [4.69, 9.17) is 0 Å². The lowest BCUT2D eigenvalue weighted by molar-refractivity contribution is -0.0147. The summed E-state index contributed by atoms with van der Waals surface area (Å²) in [5.74, 6) is -0.306. The molecule has 2 nitrogen and oxygen atoms in total. The highest BCUT2D eigenvalue weighted by molar-refractivity contribution is 9.10. The molecule has 2 N–H and O–H groups in total. The molecule has 1 aromatic carbocycles. The van der Waals surface area contributed by atoms with Gasteiger partial charge >= 0.3 is 0 Å². The largest absolute Gasteiger partial charge is 0.382 e. The second kappa shape index (κ2) is 3.04. The third kappa shape index (κ3) is 1.49. The van der Waals surface area contributed by atoms with Crippen molar-refractivity contribution >= 4 is 15.9 Å². The summed E-state index contributed by atoms with van der Waals surface area (Å²) in [7, 11) is 0. The van der Waals surface area contributed by atoms with Gasteiger partial charge in [0.1, 0.15) is 11.4 Å². The van der Waals surface area contributed by atoms with Crippen molar-refractivity contribution < 1.29 is 9.50 Å². The Labute approximate surface area is 83.9 Å². The predicted molar refractivity (Wildman–Crippen MR) is 50.9 cm³/mol. The molecule has 1 saturated heterocycles. The highest BCUT2D eigenvalue weighted by Gasteiger charge is 2.36. The van der Waals surface area contributed by atoms with Crippen molar-refractivity contribution in [2.24, 2.45) is 0 Å². The molecule has 0 aliphatic carbocycles. The maximum atomic E-state index is 12.9. The zero-order valence-electron chi connectivity index (χ0n) is 6.85. The van der Waals surface area contributed by atoms with Gasteiger partial charge in [-0.1, -0.05) is 6.07 Å². The lowest BCUT2D eigenvalue weighted by Gasteiger charge is -2.38. The van der Waals surface area contributed by atoms with Crippen LogP contribution in [-0.4, -0.2) is 18.2 Å². The first-order valence-corrected chi connectivity index (χ1v) is 4.80. The van der Waals surface area contributed by atoms with Crippen LogP contribution in [0.4, 0.5) is 4.39 Å². The van der Waals surface area contributed by atoms with Gasteiger partial charge in [0.2, 0.25) is 0 Å². The van der Waals surface area contributed by atoms with Crippen LogP contribution < -0.4 is 5.32 Å². The lowest BCUT2D eigenvalue weighted by Crippen LogP contribution is -2.56. The second-order valence-electron chi connectivity index (χ2n) is 3.26. The van der Waals surface area contributed by atoms with Crippen LogP contribution in [0.3, 0.4) is 0 Å². The minimum atomic E-state index is -0.809. The summed E-state index contributed by atoms with van der Waals surface area (Å²) in [5.41, 5.74) is -0.0597. The molecule has 70 valence electrons. The molecule has 1 fully saturated rings. The number of benzene rings is 1. The van der Waals surface area contributed by atoms with Gasteiger partial charge in [-0.05, 0) is 33.6 Å². The first kappa shape index (κ1) is 9.12. The SMILES string of the molecule is OC1(c2ccc(F)c(Br)c2)CNC1. The average molecular weight is 246 g/mol. The molecule has 0 unspecified atom stereocenters. The van der Waals surface area contributed by atoms with E-state index in [9.17, 15) is 9.50 Å². The van der Waals surface area contributed by atoms with Gasteiger partial charge in [-0.2, -0.15) is 0 Å². The number of β-amino-alcohol motifs (C(OH)–C–C–N with tert-alkyl or cyclic N) is 1. The van der Waals surface area contributed by atoms with E-state index in [1.807, 2.05) is 0 Å². The van der Waals surface area contributed by atoms with E-state index >= 15 is 0 Å². The van der Waals surface area contributed by atoms with Crippen molar-refractivity contribution in [1.82, 2.24) is 5.32 Å². The molecule has 1 aliphatic rings. The van der Waals surface area contributed by atoms with E-state index in [1.165, 1.54) is 6.07 Å². The van der Waals surface area contributed by atoms with Crippen LogP contribution in [0, 0.1) is 5.82 Å². The van der Waals surface area contributed by atoms with E-state index in [-0.39, 0.29) is 5.82 Å². The maximum Gasteiger partial charge on any atom is 0.137 e. The van der Waals surface area contributed by atoms with Crippen molar-refractivity contribution in [1.29, 1.82) is 0 Å². The minimum absolute atomic E-state index is 0.306. The van der Waals surface area contributed by atoms with Crippen LogP contribution in [0.15, 0.2) is 22.7 Å². The van der Waals surface area contributed by atoms with Crippen molar-refractivity contribution in [3.63, 3.8) is 0 Å². The first-order valence-electron chi connectivity index (χ1n) is 4.00. The van der Waals surface area contributed by atoms with Gasteiger partial charge in [-0.25, -0.2) is 4.39 Å². The van der Waals surface area contributed by atoms with Gasteiger partial charge in [0.25, 0.3) is 0 Å². The fraction of sp³-hybridized carbons (Fsp3) is 0.333. The van der Waals surface area contributed by atoms with Crippen molar-refractivity contribution in [3.8, 4) is 0 Å². The first-order chi connectivity index (χ1) is 6.12. The summed E-state index contributed by atoms with van der Waals surface area (Å²) in [4.78, 5) is 0. The Morgan fingerprint density at radius 1 is 1.46 bits per heavy atom. The Morgan fingerprint density at radius 3 is 2.62 bits per heavy atom. The number of rotatable bonds is 1. The normalized spacial score (nSPS) is 19.6. The molecule has 0 aromatic heterocycles. The summed E-state index contributed by atoms with van der Waals surface area (Å²) in [5, 5.41) is 12.9. The van der Waals surface area contributed by atoms with Crippen LogP contribution in [0.2, 0.25) is 0 Å². The summed E-state index contributed by atoms with van der Waals surface area (Å²) < 4.78 is 13.3. The quantitative estimate of drug-likeness (QED) is 0.784. The topological polar surface area (TPSA) is 32.3 Å². The standard InChI is InChI=1S/C9H9BrFNO/c10-7-3-6(1-2-8(7)11)9(13)4-12-5-9/h1-3,12-13H,4-5H2. The highest BCUT2D eigenvalue weighted by atomic mass is 79.9. The van der Waals surface area contributed by atoms with Crippen LogP contribution in [-0.2, 0) is 5.60 Å². The molecule has 0 amide bonds. The molecule has 2 rings (SSSR count). The van der Waals surface area contributed by atoms with E-state index in [2.05, 4.69) is 21.2 Å². The van der Waals surface area contributed by atoms with Crippen LogP contribution in [0.5, 0.6) is 0 Å². The fourth-order valence-electron chi connectivity index (χ4n) is 1.35. The van der Waals surface area contributed by atoms with Gasteiger partial charge < -0.3 is 10.4 Å². The molecule has 4 heteroatoms. The number of nitrogens with one attached hydrogen (secondary N) is 1. The fourth-order valence-corrected chi connectivity index (χ4v) is 1.73. The van der Waals surface area contributed by atoms with E-state index in [0.717, 1.165) is 5.56 Å². The summed E-state index contributed by atoms with van der Waals surface area (Å²) in [6.07, 6.45) is 0. The summed E-state index contributed by atoms with van der Waals surface area (Å²) in [6.45, 7) is 1.07. The molecule has 1 heterocycles. The van der Waals surface area contributed by atoms with Crippen LogP contribution in [0.25, 0.3) is 0 Å². The Balaban J connectivity index is 2.36. The number of halogens is 2. The van der Waals surface area contributed by atoms with Crippen LogP contribution in [0.1, 0.15) is 5.56 Å². The van der Waals surface area contributed by atoms with Crippen molar-refractivity contribution in [3.05, 3.63) is 34.1 Å². The van der Waals surface area contributed by atoms with Gasteiger partial charge in [-0.15, -0.1) is 0 Å². The second-order valence-corrected chi connectivity index (χ2v) is 4.12. The Morgan fingerprint density at radius 2 is 2.15 bits per heavy atom. The Bertz CT molecular complexity index is 338. The summed E-state index contributed by atoms with van der Waals surface area (Å²) >= 11 is 3.09. The maximum absolute atomic E-state index is 12.9. The van der Waals surface area contributed by atoms with Gasteiger partial charge in [0.15, 0.2) is 0 Å². The Kier molecular flexibility index (Phi) is 2.14. The molecule has 1 aliphatic heterocycles. The van der Waals surface area contributed by atoms with Crippen molar-refractivity contribution in [2.45, 2.75) is 5.60 Å². The number of aliphatic hydroxyl groups is 1. The minimum Gasteiger partial charge on any atom is -0.382 e. The molecule has 13 heavy (non-hydrogen) atoms. The molecule has 0 bridgehead atoms. The molecule has 0 atom stereocenters. The molecule has 0 spiro atoms. The molecular weight excluding hydrogens is 237 g/mol. The summed E-state index contributed by atoms with van der Waals surface area (Å²) in [6, 6.07) is 4.59. The van der Waals surface area contributed by atoms with Gasteiger partial charge in [0, 0.05) is 13.1 Å². The highest BCUT2D eigenvalue weighted by Crippen LogP contribution is 2.28. The monoisotopic (exact) mass is 245 g/mol. The van der Waals surface area contributed by atoms with Gasteiger partial charge in [-0.3, -0.25) is 0 Å².